The first-order chi connectivity index (χ1) is 16.1. The molecule has 0 amide bonds. The van der Waals surface area contributed by atoms with Crippen LogP contribution in [0, 0.1) is 5.41 Å². The Hall–Kier alpha value is -1.92. The summed E-state index contributed by atoms with van der Waals surface area (Å²) in [6.45, 7) is 2.80. The minimum atomic E-state index is -1.27. The van der Waals surface area contributed by atoms with Gasteiger partial charge in [-0.25, -0.2) is 0 Å². The third-order valence-corrected chi connectivity index (χ3v) is 6.83. The molecule has 0 fully saturated rings. The third kappa shape index (κ3) is 7.28. The van der Waals surface area contributed by atoms with Crippen molar-refractivity contribution >= 4 is 5.69 Å². The third-order valence-electron chi connectivity index (χ3n) is 6.83. The van der Waals surface area contributed by atoms with Crippen LogP contribution in [0.25, 0.3) is 0 Å². The number of benzene rings is 2. The molecule has 0 heterocycles. The molecule has 3 N–H and O–H groups in total. The fourth-order valence-corrected chi connectivity index (χ4v) is 4.83. The minimum Gasteiger partial charge on any atom is -0.384 e. The number of hydrogen-bond acceptors (Lipinski definition) is 5. The number of rotatable bonds is 17. The van der Waals surface area contributed by atoms with Gasteiger partial charge in [-0.3, -0.25) is 0 Å². The molecular formula is C28H44N2O3. The summed E-state index contributed by atoms with van der Waals surface area (Å²) in [7, 11) is 4.92. The molecule has 0 aliphatic heterocycles. The zero-order chi connectivity index (χ0) is 24.0. The lowest BCUT2D eigenvalue weighted by atomic mass is 9.71. The Morgan fingerprint density at radius 3 is 1.97 bits per heavy atom. The molecule has 2 unspecified atom stereocenters. The van der Waals surface area contributed by atoms with Crippen molar-refractivity contribution in [3.8, 4) is 0 Å². The van der Waals surface area contributed by atoms with Crippen LogP contribution in [0.2, 0.25) is 0 Å². The average molecular weight is 457 g/mol. The lowest BCUT2D eigenvalue weighted by Crippen LogP contribution is -2.64. The van der Waals surface area contributed by atoms with E-state index in [1.807, 2.05) is 24.3 Å². The van der Waals surface area contributed by atoms with Crippen molar-refractivity contribution in [1.82, 2.24) is 0 Å². The Labute approximate surface area is 201 Å². The quantitative estimate of drug-likeness (QED) is 0.226. The highest BCUT2D eigenvalue weighted by Gasteiger charge is 2.57. The second kappa shape index (κ2) is 14.4. The first kappa shape index (κ1) is 27.3. The lowest BCUT2D eigenvalue weighted by molar-refractivity contribution is -0.409. The van der Waals surface area contributed by atoms with Gasteiger partial charge in [0, 0.05) is 39.6 Å². The summed E-state index contributed by atoms with van der Waals surface area (Å²) in [5, 5.41) is 3.60. The van der Waals surface area contributed by atoms with Gasteiger partial charge in [-0.2, -0.15) is 0 Å². The molecular weight excluding hydrogens is 412 g/mol. The Kier molecular flexibility index (Phi) is 11.9. The van der Waals surface area contributed by atoms with Crippen molar-refractivity contribution in [2.75, 3.05) is 33.2 Å². The van der Waals surface area contributed by atoms with Crippen LogP contribution < -0.4 is 11.1 Å². The van der Waals surface area contributed by atoms with E-state index in [4.69, 9.17) is 19.9 Å². The van der Waals surface area contributed by atoms with Crippen molar-refractivity contribution in [2.45, 2.75) is 70.3 Å². The van der Waals surface area contributed by atoms with Gasteiger partial charge >= 0.3 is 0 Å². The first-order valence-corrected chi connectivity index (χ1v) is 12.3. The lowest BCUT2D eigenvalue weighted by Gasteiger charge is -2.50. The highest BCUT2D eigenvalue weighted by Crippen LogP contribution is 2.44. The maximum absolute atomic E-state index is 7.03. The molecule has 0 saturated heterocycles. The van der Waals surface area contributed by atoms with Crippen LogP contribution in [0.5, 0.6) is 0 Å². The van der Waals surface area contributed by atoms with E-state index in [1.54, 1.807) is 21.3 Å². The van der Waals surface area contributed by atoms with Gasteiger partial charge in [0.2, 0.25) is 0 Å². The van der Waals surface area contributed by atoms with Gasteiger partial charge in [-0.1, -0.05) is 87.6 Å². The summed E-state index contributed by atoms with van der Waals surface area (Å²) in [6.07, 6.45) is 8.48. The summed E-state index contributed by atoms with van der Waals surface area (Å²) in [6, 6.07) is 20.5. The van der Waals surface area contributed by atoms with E-state index in [-0.39, 0.29) is 6.04 Å². The fraction of sp³-hybridized carbons (Fsp3) is 0.571. The molecule has 0 spiro atoms. The molecule has 0 aliphatic carbocycles. The Morgan fingerprint density at radius 1 is 0.818 bits per heavy atom. The summed E-state index contributed by atoms with van der Waals surface area (Å²) in [5.74, 6) is -1.27. The molecule has 2 aromatic rings. The Morgan fingerprint density at radius 2 is 1.39 bits per heavy atom. The maximum atomic E-state index is 7.03. The molecule has 0 aromatic heterocycles. The van der Waals surface area contributed by atoms with Gasteiger partial charge in [0.15, 0.2) is 0 Å². The van der Waals surface area contributed by atoms with Crippen molar-refractivity contribution in [3.63, 3.8) is 0 Å². The molecule has 0 bridgehead atoms. The van der Waals surface area contributed by atoms with Gasteiger partial charge in [0.25, 0.3) is 5.97 Å². The number of anilines is 1. The Bertz CT molecular complexity index is 698. The van der Waals surface area contributed by atoms with E-state index in [2.05, 4.69) is 48.6 Å². The largest absolute Gasteiger partial charge is 0.384 e. The predicted molar refractivity (Wildman–Crippen MR) is 137 cm³/mol. The van der Waals surface area contributed by atoms with Crippen LogP contribution in [0.4, 0.5) is 5.69 Å². The molecule has 0 aliphatic rings. The summed E-state index contributed by atoms with van der Waals surface area (Å²) >= 11 is 0. The van der Waals surface area contributed by atoms with E-state index in [0.717, 1.165) is 31.4 Å². The predicted octanol–water partition coefficient (Wildman–Crippen LogP) is 6.00. The topological polar surface area (TPSA) is 65.7 Å². The standard InChI is InChI=1S/C28H44N2O3/c1-5-6-7-8-15-20-26(29)27(28(31-2,32-3)33-4,22-21-24-16-11-9-12-17-24)23-30-25-18-13-10-14-19-25/h9-14,16-19,26,30H,5-8,15,20-23,29H2,1-4H3. The normalized spacial score (nSPS) is 14.6. The molecule has 2 rings (SSSR count). The molecule has 33 heavy (non-hydrogen) atoms. The SMILES string of the molecule is CCCCCCCC(N)C(CCc1ccccc1)(CNc1ccccc1)C(OC)(OC)OC. The zero-order valence-electron chi connectivity index (χ0n) is 21.0. The molecule has 2 atom stereocenters. The van der Waals surface area contributed by atoms with E-state index in [9.17, 15) is 0 Å². The number of nitrogens with two attached hydrogens (primary N) is 1. The van der Waals surface area contributed by atoms with Crippen molar-refractivity contribution in [2.24, 2.45) is 11.1 Å². The van der Waals surface area contributed by atoms with Crippen LogP contribution in [0.15, 0.2) is 60.7 Å². The first-order valence-electron chi connectivity index (χ1n) is 12.3. The number of ether oxygens (including phenoxy) is 3. The second-order valence-electron chi connectivity index (χ2n) is 8.84. The number of methoxy groups -OCH3 is 3. The maximum Gasteiger partial charge on any atom is 0.291 e. The minimum absolute atomic E-state index is 0.182. The fourth-order valence-electron chi connectivity index (χ4n) is 4.83. The zero-order valence-corrected chi connectivity index (χ0v) is 21.0. The van der Waals surface area contributed by atoms with Crippen LogP contribution >= 0.6 is 0 Å². The van der Waals surface area contributed by atoms with Crippen LogP contribution in [-0.4, -0.2) is 39.9 Å². The number of unbranched alkanes of at least 4 members (excludes halogenated alkanes) is 4. The molecule has 5 nitrogen and oxygen atoms in total. The smallest absolute Gasteiger partial charge is 0.291 e. The van der Waals surface area contributed by atoms with Gasteiger partial charge < -0.3 is 25.3 Å². The van der Waals surface area contributed by atoms with Crippen molar-refractivity contribution in [1.29, 1.82) is 0 Å². The van der Waals surface area contributed by atoms with Crippen molar-refractivity contribution < 1.29 is 14.2 Å². The van der Waals surface area contributed by atoms with Crippen LogP contribution in [0.3, 0.4) is 0 Å². The summed E-state index contributed by atoms with van der Waals surface area (Å²) < 4.78 is 17.9. The molecule has 0 saturated carbocycles. The highest BCUT2D eigenvalue weighted by molar-refractivity contribution is 5.43. The second-order valence-corrected chi connectivity index (χ2v) is 8.84. The van der Waals surface area contributed by atoms with E-state index < -0.39 is 11.4 Å². The number of nitrogens with one attached hydrogen (secondary N) is 1. The highest BCUT2D eigenvalue weighted by atomic mass is 16.9. The van der Waals surface area contributed by atoms with Crippen LogP contribution in [0.1, 0.15) is 57.4 Å². The molecule has 2 aromatic carbocycles. The van der Waals surface area contributed by atoms with Gasteiger partial charge in [0.05, 0.1) is 5.41 Å². The van der Waals surface area contributed by atoms with E-state index in [0.29, 0.717) is 6.54 Å². The molecule has 184 valence electrons. The van der Waals surface area contributed by atoms with Gasteiger partial charge in [-0.05, 0) is 37.0 Å². The number of aryl methyl sites for hydroxylation is 1. The average Bonchev–Trinajstić information content (AvgIpc) is 2.87. The summed E-state index contributed by atoms with van der Waals surface area (Å²) in [5.41, 5.74) is 8.70. The van der Waals surface area contributed by atoms with Gasteiger partial charge in [0.1, 0.15) is 0 Å². The Balaban J connectivity index is 2.36. The van der Waals surface area contributed by atoms with Gasteiger partial charge in [-0.15, -0.1) is 0 Å². The molecule has 5 heteroatoms. The number of para-hydroxylation sites is 1. The summed E-state index contributed by atoms with van der Waals surface area (Å²) in [4.78, 5) is 0. The van der Waals surface area contributed by atoms with Crippen LogP contribution in [-0.2, 0) is 20.6 Å². The monoisotopic (exact) mass is 456 g/mol. The molecule has 0 radical (unpaired) electrons. The van der Waals surface area contributed by atoms with Crippen molar-refractivity contribution in [3.05, 3.63) is 66.2 Å². The number of hydrogen-bond donors (Lipinski definition) is 2. The van der Waals surface area contributed by atoms with E-state index in [1.165, 1.54) is 31.2 Å². The van der Waals surface area contributed by atoms with E-state index >= 15 is 0 Å².